The topological polar surface area (TPSA) is 28.2 Å². The normalized spacial score (nSPS) is 20.7. The molecule has 1 N–H and O–H groups in total. The third-order valence-corrected chi connectivity index (χ3v) is 4.28. The number of thiazole rings is 1. The summed E-state index contributed by atoms with van der Waals surface area (Å²) in [5.41, 5.74) is 0. The second-order valence-corrected chi connectivity index (χ2v) is 5.86. The van der Waals surface area contributed by atoms with Crippen LogP contribution in [-0.2, 0) is 12.7 Å². The number of piperazine rings is 1. The van der Waals surface area contributed by atoms with E-state index in [1.54, 1.807) is 0 Å². The first-order chi connectivity index (χ1) is 9.00. The molecule has 1 aliphatic heterocycles. The number of aromatic nitrogens is 1. The summed E-state index contributed by atoms with van der Waals surface area (Å²) in [5.74, 6) is 0. The van der Waals surface area contributed by atoms with E-state index in [2.05, 4.69) is 22.1 Å². The van der Waals surface area contributed by atoms with E-state index in [9.17, 15) is 13.2 Å². The number of hydrogen-bond acceptors (Lipinski definition) is 4. The molecule has 0 amide bonds. The molecule has 116 valence electrons. The van der Waals surface area contributed by atoms with Gasteiger partial charge in [-0.2, -0.15) is 13.2 Å². The maximum atomic E-state index is 12.5. The largest absolute Gasteiger partial charge is 0.443 e. The van der Waals surface area contributed by atoms with Crippen molar-refractivity contribution in [1.82, 2.24) is 15.2 Å². The Morgan fingerprint density at radius 1 is 1.50 bits per heavy atom. The van der Waals surface area contributed by atoms with Crippen molar-refractivity contribution in [2.45, 2.75) is 38.5 Å². The van der Waals surface area contributed by atoms with Crippen LogP contribution in [0, 0.1) is 0 Å². The lowest BCUT2D eigenvalue weighted by molar-refractivity contribution is -0.137. The Balaban J connectivity index is 0.00000200. The van der Waals surface area contributed by atoms with E-state index in [-0.39, 0.29) is 12.4 Å². The number of nitrogens with one attached hydrogen (secondary N) is 1. The van der Waals surface area contributed by atoms with E-state index >= 15 is 0 Å². The summed E-state index contributed by atoms with van der Waals surface area (Å²) in [6, 6.07) is 0.412. The number of alkyl halides is 3. The van der Waals surface area contributed by atoms with Crippen molar-refractivity contribution >= 4 is 23.7 Å². The van der Waals surface area contributed by atoms with Gasteiger partial charge in [0.1, 0.15) is 0 Å². The Labute approximate surface area is 127 Å². The Kier molecular flexibility index (Phi) is 6.71. The molecule has 0 radical (unpaired) electrons. The Morgan fingerprint density at radius 2 is 2.25 bits per heavy atom. The Bertz CT molecular complexity index is 409. The van der Waals surface area contributed by atoms with Gasteiger partial charge in [-0.3, -0.25) is 4.90 Å². The van der Waals surface area contributed by atoms with Crippen LogP contribution in [0.15, 0.2) is 6.20 Å². The predicted octanol–water partition coefficient (Wildman–Crippen LogP) is 3.16. The van der Waals surface area contributed by atoms with Crippen molar-refractivity contribution in [2.24, 2.45) is 0 Å². The number of rotatable bonds is 4. The fourth-order valence-corrected chi connectivity index (χ4v) is 3.15. The molecule has 2 rings (SSSR count). The molecule has 1 aromatic rings. The van der Waals surface area contributed by atoms with Gasteiger partial charge in [0, 0.05) is 43.3 Å². The average molecular weight is 330 g/mol. The van der Waals surface area contributed by atoms with Gasteiger partial charge in [-0.1, -0.05) is 13.3 Å². The van der Waals surface area contributed by atoms with Crippen LogP contribution in [0.25, 0.3) is 0 Å². The first kappa shape index (κ1) is 17.7. The predicted molar refractivity (Wildman–Crippen MR) is 76.3 cm³/mol. The summed E-state index contributed by atoms with van der Waals surface area (Å²) in [6.07, 6.45) is -0.814. The van der Waals surface area contributed by atoms with Crippen molar-refractivity contribution in [2.75, 3.05) is 19.6 Å². The molecule has 0 spiro atoms. The second-order valence-electron chi connectivity index (χ2n) is 4.75. The highest BCUT2D eigenvalue weighted by molar-refractivity contribution is 7.11. The first-order valence-electron chi connectivity index (χ1n) is 6.47. The molecular weight excluding hydrogens is 311 g/mol. The summed E-state index contributed by atoms with van der Waals surface area (Å²) >= 11 is 0.755. The molecular formula is C12H19ClF3N3S. The lowest BCUT2D eigenvalue weighted by atomic mass is 10.1. The molecule has 1 fully saturated rings. The molecule has 2 heterocycles. The van der Waals surface area contributed by atoms with Gasteiger partial charge < -0.3 is 5.32 Å². The van der Waals surface area contributed by atoms with Gasteiger partial charge in [0.15, 0.2) is 5.01 Å². The zero-order valence-electron chi connectivity index (χ0n) is 11.2. The van der Waals surface area contributed by atoms with E-state index in [1.165, 1.54) is 6.20 Å². The zero-order valence-corrected chi connectivity index (χ0v) is 12.9. The van der Waals surface area contributed by atoms with E-state index in [0.29, 0.717) is 17.5 Å². The van der Waals surface area contributed by atoms with Crippen molar-refractivity contribution < 1.29 is 13.2 Å². The number of nitrogens with zero attached hydrogens (tertiary/aromatic N) is 2. The van der Waals surface area contributed by atoms with Crippen LogP contribution in [0.1, 0.15) is 29.7 Å². The third-order valence-electron chi connectivity index (χ3n) is 3.25. The van der Waals surface area contributed by atoms with Crippen molar-refractivity contribution in [3.8, 4) is 0 Å². The summed E-state index contributed by atoms with van der Waals surface area (Å²) in [4.78, 5) is 6.42. The highest BCUT2D eigenvalue weighted by Gasteiger charge is 2.34. The van der Waals surface area contributed by atoms with E-state index < -0.39 is 11.2 Å². The van der Waals surface area contributed by atoms with Crippen LogP contribution in [0.4, 0.5) is 13.2 Å². The molecule has 3 nitrogen and oxygen atoms in total. The van der Waals surface area contributed by atoms with E-state index in [1.807, 2.05) is 0 Å². The summed E-state index contributed by atoms with van der Waals surface area (Å²) in [7, 11) is 0. The molecule has 1 unspecified atom stereocenters. The van der Waals surface area contributed by atoms with Crippen LogP contribution in [0.3, 0.4) is 0 Å². The highest BCUT2D eigenvalue weighted by atomic mass is 35.5. The molecule has 0 saturated carbocycles. The van der Waals surface area contributed by atoms with E-state index in [4.69, 9.17) is 0 Å². The molecule has 1 aliphatic rings. The molecule has 20 heavy (non-hydrogen) atoms. The second kappa shape index (κ2) is 7.59. The Hall–Kier alpha value is -0.370. The summed E-state index contributed by atoms with van der Waals surface area (Å²) < 4.78 is 37.5. The quantitative estimate of drug-likeness (QED) is 0.919. The van der Waals surface area contributed by atoms with Gasteiger partial charge in [0.05, 0.1) is 0 Å². The smallest absolute Gasteiger partial charge is 0.314 e. The zero-order chi connectivity index (χ0) is 13.9. The molecule has 1 atom stereocenters. The maximum absolute atomic E-state index is 12.5. The monoisotopic (exact) mass is 329 g/mol. The van der Waals surface area contributed by atoms with Crippen LogP contribution in [0.5, 0.6) is 0 Å². The van der Waals surface area contributed by atoms with Gasteiger partial charge in [-0.05, 0) is 6.42 Å². The standard InChI is InChI=1S/C12H18F3N3S.ClH/c1-2-3-9-6-16-4-5-18(9)8-10-7-17-11(19-10)12(13,14)15;/h7,9,16H,2-6,8H2,1H3;1H. The van der Waals surface area contributed by atoms with E-state index in [0.717, 1.165) is 43.8 Å². The highest BCUT2D eigenvalue weighted by Crippen LogP contribution is 2.33. The van der Waals surface area contributed by atoms with Gasteiger partial charge >= 0.3 is 6.18 Å². The van der Waals surface area contributed by atoms with Gasteiger partial charge in [0.2, 0.25) is 0 Å². The molecule has 0 aromatic carbocycles. The molecule has 0 bridgehead atoms. The minimum Gasteiger partial charge on any atom is -0.314 e. The SMILES string of the molecule is CCCC1CNCCN1Cc1cnc(C(F)(F)F)s1.Cl. The number of hydrogen-bond donors (Lipinski definition) is 1. The summed E-state index contributed by atoms with van der Waals surface area (Å²) in [6.45, 7) is 5.38. The maximum Gasteiger partial charge on any atom is 0.443 e. The van der Waals surface area contributed by atoms with Crippen LogP contribution < -0.4 is 5.32 Å². The lowest BCUT2D eigenvalue weighted by Gasteiger charge is -2.35. The first-order valence-corrected chi connectivity index (χ1v) is 7.29. The van der Waals surface area contributed by atoms with Gasteiger partial charge in [0.25, 0.3) is 0 Å². The van der Waals surface area contributed by atoms with Crippen molar-refractivity contribution in [1.29, 1.82) is 0 Å². The third kappa shape index (κ3) is 4.58. The van der Waals surface area contributed by atoms with Crippen molar-refractivity contribution in [3.63, 3.8) is 0 Å². The fraction of sp³-hybridized carbons (Fsp3) is 0.750. The van der Waals surface area contributed by atoms with Crippen molar-refractivity contribution in [3.05, 3.63) is 16.1 Å². The lowest BCUT2D eigenvalue weighted by Crippen LogP contribution is -2.50. The van der Waals surface area contributed by atoms with Crippen LogP contribution >= 0.6 is 23.7 Å². The molecule has 1 saturated heterocycles. The average Bonchev–Trinajstić information content (AvgIpc) is 2.80. The van der Waals surface area contributed by atoms with Gasteiger partial charge in [-0.15, -0.1) is 23.7 Å². The van der Waals surface area contributed by atoms with Crippen LogP contribution in [0.2, 0.25) is 0 Å². The van der Waals surface area contributed by atoms with Crippen LogP contribution in [-0.4, -0.2) is 35.6 Å². The fourth-order valence-electron chi connectivity index (χ4n) is 2.34. The van der Waals surface area contributed by atoms with Gasteiger partial charge in [-0.25, -0.2) is 4.98 Å². The minimum atomic E-state index is -4.32. The summed E-state index contributed by atoms with van der Waals surface area (Å²) in [5, 5.41) is 2.59. The molecule has 8 heteroatoms. The molecule has 1 aromatic heterocycles. The molecule has 0 aliphatic carbocycles. The number of halogens is 4. The Morgan fingerprint density at radius 3 is 2.85 bits per heavy atom. The minimum absolute atomic E-state index is 0.